The summed E-state index contributed by atoms with van der Waals surface area (Å²) in [4.78, 5) is 26.1. The van der Waals surface area contributed by atoms with Crippen LogP contribution in [-0.2, 0) is 11.3 Å². The van der Waals surface area contributed by atoms with Crippen molar-refractivity contribution in [3.63, 3.8) is 0 Å². The Labute approximate surface area is 151 Å². The van der Waals surface area contributed by atoms with Gasteiger partial charge in [0.05, 0.1) is 6.54 Å². The molecule has 2 heterocycles. The summed E-state index contributed by atoms with van der Waals surface area (Å²) in [6, 6.07) is 6.03. The number of nitrogens with one attached hydrogen (secondary N) is 2. The largest absolute Gasteiger partial charge is 0.368 e. The maximum Gasteiger partial charge on any atom is 0.232 e. The molecule has 8 nitrogen and oxygen atoms in total. The van der Waals surface area contributed by atoms with Crippen molar-refractivity contribution in [1.82, 2.24) is 25.2 Å². The smallest absolute Gasteiger partial charge is 0.232 e. The minimum atomic E-state index is -0.315. The fraction of sp³-hybridized carbons (Fsp3) is 0.412. The number of benzene rings is 1. The zero-order valence-electron chi connectivity index (χ0n) is 14.6. The Kier molecular flexibility index (Phi) is 5.57. The second-order valence-electron chi connectivity index (χ2n) is 6.34. The predicted octanol–water partition coefficient (Wildman–Crippen LogP) is 1.44. The van der Waals surface area contributed by atoms with Crippen LogP contribution in [0.15, 0.2) is 24.3 Å². The van der Waals surface area contributed by atoms with Gasteiger partial charge in [-0.05, 0) is 43.7 Å². The molecule has 138 valence electrons. The van der Waals surface area contributed by atoms with Gasteiger partial charge in [0.1, 0.15) is 11.6 Å². The highest BCUT2D eigenvalue weighted by Crippen LogP contribution is 2.16. The van der Waals surface area contributed by atoms with E-state index in [1.807, 2.05) is 0 Å². The molecule has 0 spiro atoms. The van der Waals surface area contributed by atoms with Crippen LogP contribution in [0.25, 0.3) is 0 Å². The molecule has 26 heavy (non-hydrogen) atoms. The van der Waals surface area contributed by atoms with Crippen LogP contribution in [0.5, 0.6) is 0 Å². The number of halogens is 1. The number of likely N-dealkylation sites (tertiary alicyclic amines) is 1. The number of nitrogens with zero attached hydrogens (tertiary/aromatic N) is 4. The molecular formula is C17H22FN7O. The normalized spacial score (nSPS) is 17.7. The third kappa shape index (κ3) is 5.09. The molecule has 9 heteroatoms. The Morgan fingerprint density at radius 2 is 2.08 bits per heavy atom. The van der Waals surface area contributed by atoms with Crippen LogP contribution in [0.4, 0.5) is 22.0 Å². The van der Waals surface area contributed by atoms with E-state index in [0.29, 0.717) is 24.0 Å². The molecule has 0 bridgehead atoms. The molecule has 0 radical (unpaired) electrons. The summed E-state index contributed by atoms with van der Waals surface area (Å²) in [7, 11) is 0. The van der Waals surface area contributed by atoms with Gasteiger partial charge in [0.2, 0.25) is 17.8 Å². The SMILES string of the molecule is CC(=O)NC1CCCN(Cc2nc(N)nc(Nc3ccc(F)cc3)n2)C1. The third-order valence-corrected chi connectivity index (χ3v) is 4.08. The lowest BCUT2D eigenvalue weighted by Gasteiger charge is -2.32. The number of rotatable bonds is 5. The van der Waals surface area contributed by atoms with Crippen molar-refractivity contribution < 1.29 is 9.18 Å². The molecule has 1 amide bonds. The van der Waals surface area contributed by atoms with Crippen molar-refractivity contribution in [1.29, 1.82) is 0 Å². The molecule has 1 unspecified atom stereocenters. The number of piperidine rings is 1. The summed E-state index contributed by atoms with van der Waals surface area (Å²) in [5.74, 6) is 0.646. The topological polar surface area (TPSA) is 109 Å². The highest BCUT2D eigenvalue weighted by atomic mass is 19.1. The molecule has 1 aromatic carbocycles. The van der Waals surface area contributed by atoms with E-state index in [-0.39, 0.29) is 23.7 Å². The van der Waals surface area contributed by atoms with E-state index in [0.717, 1.165) is 25.9 Å². The molecule has 0 aliphatic carbocycles. The van der Waals surface area contributed by atoms with Crippen LogP contribution >= 0.6 is 0 Å². The maximum absolute atomic E-state index is 13.0. The number of aromatic nitrogens is 3. The molecule has 0 saturated carbocycles. The summed E-state index contributed by atoms with van der Waals surface area (Å²) >= 11 is 0. The molecule has 4 N–H and O–H groups in total. The fourth-order valence-electron chi connectivity index (χ4n) is 3.03. The minimum absolute atomic E-state index is 0.0213. The number of anilines is 3. The van der Waals surface area contributed by atoms with Gasteiger partial charge in [-0.1, -0.05) is 0 Å². The van der Waals surface area contributed by atoms with Gasteiger partial charge in [-0.15, -0.1) is 0 Å². The Bertz CT molecular complexity index is 768. The molecule has 3 rings (SSSR count). The Morgan fingerprint density at radius 3 is 2.81 bits per heavy atom. The maximum atomic E-state index is 13.0. The van der Waals surface area contributed by atoms with Gasteiger partial charge >= 0.3 is 0 Å². The van der Waals surface area contributed by atoms with E-state index in [1.165, 1.54) is 19.1 Å². The fourth-order valence-corrected chi connectivity index (χ4v) is 3.03. The van der Waals surface area contributed by atoms with Gasteiger partial charge in [0.15, 0.2) is 0 Å². The first-order chi connectivity index (χ1) is 12.5. The van der Waals surface area contributed by atoms with Crippen molar-refractivity contribution in [2.45, 2.75) is 32.4 Å². The third-order valence-electron chi connectivity index (χ3n) is 4.08. The molecule has 1 fully saturated rings. The number of amides is 1. The van der Waals surface area contributed by atoms with Gasteiger partial charge in [-0.3, -0.25) is 9.69 Å². The van der Waals surface area contributed by atoms with Crippen molar-refractivity contribution in [3.05, 3.63) is 35.9 Å². The Hall–Kier alpha value is -2.81. The van der Waals surface area contributed by atoms with E-state index in [1.54, 1.807) is 12.1 Å². The zero-order valence-corrected chi connectivity index (χ0v) is 14.6. The number of carbonyl (C=O) groups is 1. The predicted molar refractivity (Wildman–Crippen MR) is 96.0 cm³/mol. The van der Waals surface area contributed by atoms with Gasteiger partial charge in [-0.2, -0.15) is 15.0 Å². The first-order valence-corrected chi connectivity index (χ1v) is 8.50. The number of carbonyl (C=O) groups excluding carboxylic acids is 1. The van der Waals surface area contributed by atoms with Crippen LogP contribution in [0.3, 0.4) is 0 Å². The molecule has 1 aromatic heterocycles. The van der Waals surface area contributed by atoms with E-state index in [4.69, 9.17) is 5.73 Å². The summed E-state index contributed by atoms with van der Waals surface area (Å²) in [5, 5.41) is 5.96. The zero-order chi connectivity index (χ0) is 18.5. The molecule has 1 aliphatic heterocycles. The van der Waals surface area contributed by atoms with Crippen LogP contribution in [0.1, 0.15) is 25.6 Å². The number of nitrogen functional groups attached to an aromatic ring is 1. The lowest BCUT2D eigenvalue weighted by atomic mass is 10.1. The molecular weight excluding hydrogens is 337 g/mol. The average Bonchev–Trinajstić information content (AvgIpc) is 2.56. The van der Waals surface area contributed by atoms with Crippen LogP contribution in [0.2, 0.25) is 0 Å². The average molecular weight is 359 g/mol. The molecule has 1 atom stereocenters. The van der Waals surface area contributed by atoms with E-state index in [2.05, 4.69) is 30.5 Å². The van der Waals surface area contributed by atoms with E-state index in [9.17, 15) is 9.18 Å². The van der Waals surface area contributed by atoms with Gasteiger partial charge in [0, 0.05) is 25.2 Å². The van der Waals surface area contributed by atoms with Crippen molar-refractivity contribution >= 4 is 23.5 Å². The lowest BCUT2D eigenvalue weighted by molar-refractivity contribution is -0.120. The van der Waals surface area contributed by atoms with E-state index >= 15 is 0 Å². The lowest BCUT2D eigenvalue weighted by Crippen LogP contribution is -2.46. The second kappa shape index (κ2) is 8.05. The molecule has 2 aromatic rings. The van der Waals surface area contributed by atoms with Crippen molar-refractivity contribution in [2.75, 3.05) is 24.1 Å². The summed E-state index contributed by atoms with van der Waals surface area (Å²) in [6.45, 7) is 3.69. The summed E-state index contributed by atoms with van der Waals surface area (Å²) in [6.07, 6.45) is 1.96. The van der Waals surface area contributed by atoms with Crippen LogP contribution in [0, 0.1) is 5.82 Å². The monoisotopic (exact) mass is 359 g/mol. The molecule has 1 aliphatic rings. The standard InChI is InChI=1S/C17H22FN7O/c1-11(26)20-14-3-2-8-25(9-14)10-15-22-16(19)24-17(23-15)21-13-6-4-12(18)5-7-13/h4-7,14H,2-3,8-10H2,1H3,(H,20,26)(H3,19,21,22,23,24). The van der Waals surface area contributed by atoms with Gasteiger partial charge in [0.25, 0.3) is 0 Å². The van der Waals surface area contributed by atoms with Crippen molar-refractivity contribution in [2.24, 2.45) is 0 Å². The Balaban J connectivity index is 1.67. The van der Waals surface area contributed by atoms with Crippen LogP contribution in [-0.4, -0.2) is 44.9 Å². The summed E-state index contributed by atoms with van der Waals surface area (Å²) < 4.78 is 13.0. The Morgan fingerprint density at radius 1 is 1.31 bits per heavy atom. The quantitative estimate of drug-likeness (QED) is 0.741. The van der Waals surface area contributed by atoms with E-state index < -0.39 is 0 Å². The highest BCUT2D eigenvalue weighted by Gasteiger charge is 2.21. The van der Waals surface area contributed by atoms with Gasteiger partial charge in [-0.25, -0.2) is 4.39 Å². The minimum Gasteiger partial charge on any atom is -0.368 e. The number of hydrogen-bond donors (Lipinski definition) is 3. The summed E-state index contributed by atoms with van der Waals surface area (Å²) in [5.41, 5.74) is 6.46. The molecule has 1 saturated heterocycles. The number of nitrogens with two attached hydrogens (primary N) is 1. The first-order valence-electron chi connectivity index (χ1n) is 8.50. The first kappa shape index (κ1) is 18.0. The van der Waals surface area contributed by atoms with Crippen molar-refractivity contribution in [3.8, 4) is 0 Å². The van der Waals surface area contributed by atoms with Gasteiger partial charge < -0.3 is 16.4 Å². The van der Waals surface area contributed by atoms with Crippen LogP contribution < -0.4 is 16.4 Å². The number of hydrogen-bond acceptors (Lipinski definition) is 7. The highest BCUT2D eigenvalue weighted by molar-refractivity contribution is 5.73. The second-order valence-corrected chi connectivity index (χ2v) is 6.34.